The van der Waals surface area contributed by atoms with Crippen LogP contribution >= 0.6 is 0 Å². The van der Waals surface area contributed by atoms with Crippen LogP contribution in [-0.4, -0.2) is 14.7 Å². The maximum atomic E-state index is 13.8. The summed E-state index contributed by atoms with van der Waals surface area (Å²) in [6.07, 6.45) is 0.613. The third kappa shape index (κ3) is 2.13. The average Bonchev–Trinajstić information content (AvgIpc) is 2.80. The first-order chi connectivity index (χ1) is 9.69. The van der Waals surface area contributed by atoms with Crippen molar-refractivity contribution in [2.24, 2.45) is 0 Å². The van der Waals surface area contributed by atoms with Gasteiger partial charge in [-0.2, -0.15) is 0 Å². The van der Waals surface area contributed by atoms with Crippen LogP contribution in [0.1, 0.15) is 18.3 Å². The van der Waals surface area contributed by atoms with E-state index in [1.165, 1.54) is 6.07 Å². The summed E-state index contributed by atoms with van der Waals surface area (Å²) in [7, 11) is 0. The molecule has 0 fully saturated rings. The topological polar surface area (TPSA) is 38.0 Å². The minimum atomic E-state index is -0.290. The largest absolute Gasteiger partial charge is 0.508 e. The van der Waals surface area contributed by atoms with Crippen LogP contribution in [0.25, 0.3) is 11.0 Å². The molecule has 0 amide bonds. The number of hydrogen-bond acceptors (Lipinski definition) is 2. The Hall–Kier alpha value is -2.36. The van der Waals surface area contributed by atoms with Crippen LogP contribution in [0.3, 0.4) is 0 Å². The number of phenolic OH excluding ortho intramolecular Hbond substituents is 1. The number of aromatic nitrogens is 2. The number of halogens is 1. The molecule has 3 rings (SSSR count). The van der Waals surface area contributed by atoms with Crippen molar-refractivity contribution in [1.29, 1.82) is 0 Å². The number of rotatable bonds is 3. The van der Waals surface area contributed by atoms with E-state index in [1.54, 1.807) is 18.2 Å². The highest BCUT2D eigenvalue weighted by Gasteiger charge is 2.12. The molecule has 0 saturated heterocycles. The second-order valence-corrected chi connectivity index (χ2v) is 4.72. The van der Waals surface area contributed by atoms with Gasteiger partial charge in [-0.25, -0.2) is 9.37 Å². The molecule has 1 aromatic heterocycles. The smallest absolute Gasteiger partial charge is 0.151 e. The molecule has 1 N–H and O–H groups in total. The predicted molar refractivity (Wildman–Crippen MR) is 76.3 cm³/mol. The number of imidazole rings is 1. The van der Waals surface area contributed by atoms with E-state index in [1.807, 2.05) is 29.7 Å². The van der Waals surface area contributed by atoms with Crippen LogP contribution in [-0.2, 0) is 13.0 Å². The normalized spacial score (nSPS) is 11.1. The molecular formula is C16H15FN2O. The zero-order valence-corrected chi connectivity index (χ0v) is 11.2. The molecule has 0 aliphatic carbocycles. The number of para-hydroxylation sites is 1. The van der Waals surface area contributed by atoms with Gasteiger partial charge in [-0.15, -0.1) is 0 Å². The molecule has 0 aliphatic rings. The monoisotopic (exact) mass is 270 g/mol. The maximum Gasteiger partial charge on any atom is 0.151 e. The summed E-state index contributed by atoms with van der Waals surface area (Å²) in [5.41, 5.74) is 2.28. The molecule has 3 aromatic rings. The van der Waals surface area contributed by atoms with Crippen LogP contribution < -0.4 is 0 Å². The van der Waals surface area contributed by atoms with E-state index >= 15 is 0 Å². The van der Waals surface area contributed by atoms with E-state index in [2.05, 4.69) is 4.98 Å². The van der Waals surface area contributed by atoms with Gasteiger partial charge in [-0.05, 0) is 36.8 Å². The highest BCUT2D eigenvalue weighted by Crippen LogP contribution is 2.21. The summed E-state index contributed by atoms with van der Waals surface area (Å²) in [5.74, 6) is 0.781. The van der Waals surface area contributed by atoms with Gasteiger partial charge in [0, 0.05) is 13.0 Å². The third-order valence-electron chi connectivity index (χ3n) is 3.42. The van der Waals surface area contributed by atoms with E-state index in [-0.39, 0.29) is 11.6 Å². The highest BCUT2D eigenvalue weighted by atomic mass is 19.1. The number of aryl methyl sites for hydroxylation is 1. The van der Waals surface area contributed by atoms with Crippen LogP contribution in [0.15, 0.2) is 42.5 Å². The summed E-state index contributed by atoms with van der Waals surface area (Å²) < 4.78 is 15.8. The van der Waals surface area contributed by atoms with Gasteiger partial charge in [0.1, 0.15) is 17.1 Å². The summed E-state index contributed by atoms with van der Waals surface area (Å²) in [4.78, 5) is 4.43. The van der Waals surface area contributed by atoms with Crippen molar-refractivity contribution in [3.05, 3.63) is 59.7 Å². The highest BCUT2D eigenvalue weighted by molar-refractivity contribution is 5.76. The molecule has 102 valence electrons. The van der Waals surface area contributed by atoms with Crippen LogP contribution in [0.4, 0.5) is 4.39 Å². The van der Waals surface area contributed by atoms with Crippen LogP contribution in [0.5, 0.6) is 5.75 Å². The molecule has 4 heteroatoms. The zero-order chi connectivity index (χ0) is 14.1. The van der Waals surface area contributed by atoms with Gasteiger partial charge < -0.3 is 9.67 Å². The Morgan fingerprint density at radius 2 is 1.90 bits per heavy atom. The van der Waals surface area contributed by atoms with E-state index in [9.17, 15) is 9.50 Å². The third-order valence-corrected chi connectivity index (χ3v) is 3.42. The summed E-state index contributed by atoms with van der Waals surface area (Å²) in [5, 5.41) is 9.30. The van der Waals surface area contributed by atoms with Gasteiger partial charge in [-0.1, -0.05) is 18.2 Å². The van der Waals surface area contributed by atoms with Crippen LogP contribution in [0.2, 0.25) is 0 Å². The van der Waals surface area contributed by atoms with Gasteiger partial charge in [0.2, 0.25) is 0 Å². The summed E-state index contributed by atoms with van der Waals surface area (Å²) in [6, 6.07) is 12.0. The molecular weight excluding hydrogens is 255 g/mol. The fourth-order valence-corrected chi connectivity index (χ4v) is 2.45. The van der Waals surface area contributed by atoms with E-state index in [4.69, 9.17) is 0 Å². The van der Waals surface area contributed by atoms with Gasteiger partial charge in [-0.3, -0.25) is 0 Å². The Kier molecular flexibility index (Phi) is 3.14. The van der Waals surface area contributed by atoms with E-state index in [0.29, 0.717) is 11.9 Å². The van der Waals surface area contributed by atoms with Gasteiger partial charge >= 0.3 is 0 Å². The molecule has 0 saturated carbocycles. The number of aromatic hydroxyl groups is 1. The fraction of sp³-hybridized carbons (Fsp3) is 0.188. The molecule has 0 aliphatic heterocycles. The second-order valence-electron chi connectivity index (χ2n) is 4.72. The number of fused-ring (bicyclic) bond motifs is 1. The first-order valence-corrected chi connectivity index (χ1v) is 6.60. The number of hydrogen-bond donors (Lipinski definition) is 1. The minimum Gasteiger partial charge on any atom is -0.508 e. The maximum absolute atomic E-state index is 13.8. The first-order valence-electron chi connectivity index (χ1n) is 6.60. The Morgan fingerprint density at radius 1 is 1.15 bits per heavy atom. The minimum absolute atomic E-state index is 0.240. The molecule has 3 nitrogen and oxygen atoms in total. The molecule has 0 bridgehead atoms. The number of phenols is 1. The molecule has 20 heavy (non-hydrogen) atoms. The average molecular weight is 270 g/mol. The Labute approximate surface area is 116 Å². The lowest BCUT2D eigenvalue weighted by Gasteiger charge is -2.06. The molecule has 0 radical (unpaired) electrons. The number of benzene rings is 2. The van der Waals surface area contributed by atoms with Gasteiger partial charge in [0.25, 0.3) is 0 Å². The van der Waals surface area contributed by atoms with Crippen molar-refractivity contribution in [2.45, 2.75) is 19.9 Å². The molecule has 2 aromatic carbocycles. The lowest BCUT2D eigenvalue weighted by molar-refractivity contribution is 0.475. The van der Waals surface area contributed by atoms with Crippen molar-refractivity contribution in [3.8, 4) is 5.75 Å². The zero-order valence-electron chi connectivity index (χ0n) is 11.2. The van der Waals surface area contributed by atoms with E-state index in [0.717, 1.165) is 23.4 Å². The fourth-order valence-electron chi connectivity index (χ4n) is 2.45. The predicted octanol–water partition coefficient (Wildman–Crippen LogP) is 3.49. The van der Waals surface area contributed by atoms with Crippen molar-refractivity contribution < 1.29 is 9.50 Å². The van der Waals surface area contributed by atoms with Crippen molar-refractivity contribution >= 4 is 11.0 Å². The van der Waals surface area contributed by atoms with Crippen LogP contribution in [0, 0.1) is 5.82 Å². The van der Waals surface area contributed by atoms with Crippen molar-refractivity contribution in [2.75, 3.05) is 0 Å². The Balaban J connectivity index is 2.07. The van der Waals surface area contributed by atoms with Gasteiger partial charge in [0.05, 0.1) is 5.52 Å². The Morgan fingerprint density at radius 3 is 2.60 bits per heavy atom. The standard InChI is InChI=1S/C16H15FN2O/c1-2-19-14-5-3-4-13(17)16(14)18-15(19)10-11-6-8-12(20)9-7-11/h3-9,20H,2,10H2,1H3. The summed E-state index contributed by atoms with van der Waals surface area (Å²) >= 11 is 0. The second kappa shape index (κ2) is 4.96. The summed E-state index contributed by atoms with van der Waals surface area (Å²) in [6.45, 7) is 2.76. The molecule has 1 heterocycles. The number of nitrogens with zero attached hydrogens (tertiary/aromatic N) is 2. The lowest BCUT2D eigenvalue weighted by Crippen LogP contribution is -2.02. The van der Waals surface area contributed by atoms with Crippen molar-refractivity contribution in [1.82, 2.24) is 9.55 Å². The van der Waals surface area contributed by atoms with Crippen molar-refractivity contribution in [3.63, 3.8) is 0 Å². The quantitative estimate of drug-likeness (QED) is 0.791. The SMILES string of the molecule is CCn1c(Cc2ccc(O)cc2)nc2c(F)cccc21. The first kappa shape index (κ1) is 12.7. The molecule has 0 atom stereocenters. The Bertz CT molecular complexity index is 747. The van der Waals surface area contributed by atoms with E-state index < -0.39 is 0 Å². The molecule has 0 unspecified atom stereocenters. The van der Waals surface area contributed by atoms with Gasteiger partial charge in [0.15, 0.2) is 5.82 Å². The lowest BCUT2D eigenvalue weighted by atomic mass is 10.1. The molecule has 0 spiro atoms.